The van der Waals surface area contributed by atoms with E-state index >= 15 is 0 Å². The number of rotatable bonds is 6. The lowest BCUT2D eigenvalue weighted by molar-refractivity contribution is -0.127. The lowest BCUT2D eigenvalue weighted by Crippen LogP contribution is -2.48. The van der Waals surface area contributed by atoms with Gasteiger partial charge < -0.3 is 10.6 Å². The number of anilines is 1. The third kappa shape index (κ3) is 5.42. The molecule has 2 amide bonds. The van der Waals surface area contributed by atoms with E-state index in [1.54, 1.807) is 0 Å². The van der Waals surface area contributed by atoms with Gasteiger partial charge in [0.25, 0.3) is 0 Å². The Morgan fingerprint density at radius 2 is 1.68 bits per heavy atom. The summed E-state index contributed by atoms with van der Waals surface area (Å²) in [6.45, 7) is 6.03. The number of nitrogens with one attached hydrogen (secondary N) is 2. The normalized spacial score (nSPS) is 16.4. The predicted molar refractivity (Wildman–Crippen MR) is 112 cm³/mol. The minimum Gasteiger partial charge on any atom is -0.352 e. The highest BCUT2D eigenvalue weighted by Gasteiger charge is 2.29. The Bertz CT molecular complexity index is 781. The first-order valence-electron chi connectivity index (χ1n) is 9.96. The number of aryl methyl sites for hydroxylation is 1. The van der Waals surface area contributed by atoms with Crippen molar-refractivity contribution < 1.29 is 9.59 Å². The van der Waals surface area contributed by atoms with Gasteiger partial charge in [-0.3, -0.25) is 14.5 Å². The zero-order chi connectivity index (χ0) is 19.9. The summed E-state index contributed by atoms with van der Waals surface area (Å²) in [6.07, 6.45) is 1.56. The largest absolute Gasteiger partial charge is 0.352 e. The van der Waals surface area contributed by atoms with Crippen molar-refractivity contribution >= 4 is 17.5 Å². The molecule has 1 aliphatic rings. The maximum atomic E-state index is 12.5. The first-order valence-corrected chi connectivity index (χ1v) is 9.96. The van der Waals surface area contributed by atoms with Crippen molar-refractivity contribution in [1.29, 1.82) is 0 Å². The maximum absolute atomic E-state index is 12.5. The van der Waals surface area contributed by atoms with Gasteiger partial charge in [0.2, 0.25) is 11.8 Å². The molecule has 5 nitrogen and oxygen atoms in total. The van der Waals surface area contributed by atoms with Crippen molar-refractivity contribution in [2.24, 2.45) is 5.92 Å². The molecule has 0 aliphatic carbocycles. The van der Waals surface area contributed by atoms with Crippen LogP contribution in [-0.4, -0.2) is 35.8 Å². The average molecular weight is 380 g/mol. The molecule has 1 atom stereocenters. The van der Waals surface area contributed by atoms with E-state index in [2.05, 4.69) is 15.5 Å². The van der Waals surface area contributed by atoms with Gasteiger partial charge in [-0.25, -0.2) is 0 Å². The van der Waals surface area contributed by atoms with Crippen LogP contribution in [0.2, 0.25) is 0 Å². The van der Waals surface area contributed by atoms with E-state index in [1.807, 2.05) is 68.4 Å². The van der Waals surface area contributed by atoms with Crippen LogP contribution in [0.4, 0.5) is 5.69 Å². The van der Waals surface area contributed by atoms with Crippen molar-refractivity contribution in [1.82, 2.24) is 10.2 Å². The number of amides is 2. The quantitative estimate of drug-likeness (QED) is 0.809. The molecule has 0 saturated carbocycles. The first kappa shape index (κ1) is 20.1. The SMILES string of the molecule is Cc1ccc(NC(=O)[C@@H](C)N2CCC(C(=O)NCc3ccccc3)CC2)cc1. The maximum Gasteiger partial charge on any atom is 0.241 e. The standard InChI is InChI=1S/C23H29N3O2/c1-17-8-10-21(11-9-17)25-22(27)18(2)26-14-12-20(13-15-26)23(28)24-16-19-6-4-3-5-7-19/h3-11,18,20H,12-16H2,1-2H3,(H,24,28)(H,25,27)/t18-/m1/s1. The number of hydrogen-bond donors (Lipinski definition) is 2. The van der Waals surface area contributed by atoms with Gasteiger partial charge in [-0.2, -0.15) is 0 Å². The van der Waals surface area contributed by atoms with Crippen molar-refractivity contribution in [3.8, 4) is 0 Å². The molecule has 0 aromatic heterocycles. The monoisotopic (exact) mass is 379 g/mol. The molecule has 3 rings (SSSR count). The molecule has 0 bridgehead atoms. The van der Waals surface area contributed by atoms with Gasteiger partial charge in [-0.1, -0.05) is 48.0 Å². The number of hydrogen-bond acceptors (Lipinski definition) is 3. The molecule has 2 N–H and O–H groups in total. The number of carbonyl (C=O) groups is 2. The minimum atomic E-state index is -0.213. The molecule has 0 radical (unpaired) electrons. The lowest BCUT2D eigenvalue weighted by Gasteiger charge is -2.34. The first-order chi connectivity index (χ1) is 13.5. The van der Waals surface area contributed by atoms with Crippen LogP contribution in [0.1, 0.15) is 30.9 Å². The Balaban J connectivity index is 1.44. The van der Waals surface area contributed by atoms with E-state index in [0.29, 0.717) is 6.54 Å². The fraction of sp³-hybridized carbons (Fsp3) is 0.391. The molecule has 0 spiro atoms. The van der Waals surface area contributed by atoms with E-state index in [-0.39, 0.29) is 23.8 Å². The summed E-state index contributed by atoms with van der Waals surface area (Å²) in [5.41, 5.74) is 3.09. The van der Waals surface area contributed by atoms with Gasteiger partial charge in [-0.05, 0) is 57.5 Å². The van der Waals surface area contributed by atoms with Gasteiger partial charge in [0.1, 0.15) is 0 Å². The number of nitrogens with zero attached hydrogens (tertiary/aromatic N) is 1. The summed E-state index contributed by atoms with van der Waals surface area (Å²) in [5, 5.41) is 6.01. The van der Waals surface area contributed by atoms with Crippen LogP contribution >= 0.6 is 0 Å². The van der Waals surface area contributed by atoms with Crippen molar-refractivity contribution in [3.05, 3.63) is 65.7 Å². The third-order valence-electron chi connectivity index (χ3n) is 5.46. The highest BCUT2D eigenvalue weighted by atomic mass is 16.2. The summed E-state index contributed by atoms with van der Waals surface area (Å²) in [4.78, 5) is 27.1. The van der Waals surface area contributed by atoms with Gasteiger partial charge in [0.05, 0.1) is 6.04 Å². The summed E-state index contributed by atoms with van der Waals surface area (Å²) in [6, 6.07) is 17.5. The summed E-state index contributed by atoms with van der Waals surface area (Å²) in [5.74, 6) is 0.128. The van der Waals surface area contributed by atoms with Crippen LogP contribution in [-0.2, 0) is 16.1 Å². The van der Waals surface area contributed by atoms with Crippen LogP contribution in [0.3, 0.4) is 0 Å². The third-order valence-corrected chi connectivity index (χ3v) is 5.46. The zero-order valence-electron chi connectivity index (χ0n) is 16.7. The fourth-order valence-corrected chi connectivity index (χ4v) is 3.53. The summed E-state index contributed by atoms with van der Waals surface area (Å²) >= 11 is 0. The minimum absolute atomic E-state index is 0.00386. The second-order valence-electron chi connectivity index (χ2n) is 7.54. The highest BCUT2D eigenvalue weighted by Crippen LogP contribution is 2.20. The van der Waals surface area contributed by atoms with Crippen molar-refractivity contribution in [2.45, 2.75) is 39.3 Å². The predicted octanol–water partition coefficient (Wildman–Crippen LogP) is 3.35. The smallest absolute Gasteiger partial charge is 0.241 e. The van der Waals surface area contributed by atoms with Gasteiger partial charge in [-0.15, -0.1) is 0 Å². The van der Waals surface area contributed by atoms with Gasteiger partial charge >= 0.3 is 0 Å². The zero-order valence-corrected chi connectivity index (χ0v) is 16.7. The average Bonchev–Trinajstić information content (AvgIpc) is 2.74. The number of likely N-dealkylation sites (tertiary alicyclic amines) is 1. The van der Waals surface area contributed by atoms with E-state index in [9.17, 15) is 9.59 Å². The molecule has 2 aromatic rings. The molecular formula is C23H29N3O2. The molecule has 1 saturated heterocycles. The second-order valence-corrected chi connectivity index (χ2v) is 7.54. The number of benzene rings is 2. The molecule has 5 heteroatoms. The molecular weight excluding hydrogens is 350 g/mol. The highest BCUT2D eigenvalue weighted by molar-refractivity contribution is 5.94. The van der Waals surface area contributed by atoms with E-state index in [1.165, 1.54) is 5.56 Å². The van der Waals surface area contributed by atoms with Crippen LogP contribution in [0, 0.1) is 12.8 Å². The van der Waals surface area contributed by atoms with Crippen LogP contribution in [0.5, 0.6) is 0 Å². The Morgan fingerprint density at radius 1 is 1.04 bits per heavy atom. The Hall–Kier alpha value is -2.66. The Kier molecular flexibility index (Phi) is 6.82. The lowest BCUT2D eigenvalue weighted by atomic mass is 9.94. The van der Waals surface area contributed by atoms with Crippen molar-refractivity contribution in [2.75, 3.05) is 18.4 Å². The summed E-state index contributed by atoms with van der Waals surface area (Å²) < 4.78 is 0. The van der Waals surface area contributed by atoms with E-state index in [0.717, 1.165) is 37.2 Å². The van der Waals surface area contributed by atoms with Crippen LogP contribution < -0.4 is 10.6 Å². The fourth-order valence-electron chi connectivity index (χ4n) is 3.53. The Morgan fingerprint density at radius 3 is 2.32 bits per heavy atom. The number of carbonyl (C=O) groups excluding carboxylic acids is 2. The van der Waals surface area contributed by atoms with Gasteiger partial charge in [0, 0.05) is 18.2 Å². The molecule has 148 valence electrons. The van der Waals surface area contributed by atoms with Crippen LogP contribution in [0.15, 0.2) is 54.6 Å². The number of piperidine rings is 1. The van der Waals surface area contributed by atoms with Gasteiger partial charge in [0.15, 0.2) is 0 Å². The van der Waals surface area contributed by atoms with E-state index in [4.69, 9.17) is 0 Å². The Labute approximate surface area is 167 Å². The second kappa shape index (κ2) is 9.51. The molecule has 2 aromatic carbocycles. The summed E-state index contributed by atoms with van der Waals surface area (Å²) in [7, 11) is 0. The molecule has 0 unspecified atom stereocenters. The molecule has 28 heavy (non-hydrogen) atoms. The van der Waals surface area contributed by atoms with Crippen LogP contribution in [0.25, 0.3) is 0 Å². The topological polar surface area (TPSA) is 61.4 Å². The molecule has 1 aliphatic heterocycles. The van der Waals surface area contributed by atoms with E-state index < -0.39 is 0 Å². The van der Waals surface area contributed by atoms with Crippen molar-refractivity contribution in [3.63, 3.8) is 0 Å². The molecule has 1 heterocycles. The molecule has 1 fully saturated rings.